The zero-order valence-electron chi connectivity index (χ0n) is 14.7. The third-order valence-corrected chi connectivity index (χ3v) is 5.26. The van der Waals surface area contributed by atoms with E-state index in [-0.39, 0.29) is 12.4 Å². The molecule has 3 aromatic rings. The van der Waals surface area contributed by atoms with E-state index in [0.717, 1.165) is 17.7 Å². The number of sulfonamides is 1. The predicted octanol–water partition coefficient (Wildman–Crippen LogP) is 4.90. The Bertz CT molecular complexity index is 1170. The topological polar surface area (TPSA) is 55.4 Å². The number of anilines is 1. The van der Waals surface area contributed by atoms with Crippen LogP contribution in [0.25, 0.3) is 0 Å². The quantitative estimate of drug-likeness (QED) is 0.332. The molecule has 0 aliphatic heterocycles. The van der Waals surface area contributed by atoms with Crippen LogP contribution < -0.4 is 9.46 Å². The van der Waals surface area contributed by atoms with Gasteiger partial charge < -0.3 is 4.74 Å². The maximum Gasteiger partial charge on any atom is 0.267 e. The number of rotatable bonds is 6. The first-order chi connectivity index (χ1) is 14.1. The molecule has 0 atom stereocenters. The van der Waals surface area contributed by atoms with Crippen LogP contribution in [0.1, 0.15) is 5.56 Å². The molecule has 0 aliphatic carbocycles. The number of benzene rings is 3. The molecular formula is C19H11F6NO3S. The standard InChI is InChI=1S/C19H11F6NO3S/c20-12-8-11(6-7-13(12)29-9-10-4-2-1-3-5-10)26-30(27,28)19-17(24)15(22)14(21)16(23)18(19)25/h1-8,26H,9H2. The van der Waals surface area contributed by atoms with Crippen molar-refractivity contribution in [2.24, 2.45) is 0 Å². The van der Waals surface area contributed by atoms with Crippen molar-refractivity contribution in [3.05, 3.63) is 89.0 Å². The number of ether oxygens (including phenoxy) is 1. The van der Waals surface area contributed by atoms with Gasteiger partial charge >= 0.3 is 0 Å². The van der Waals surface area contributed by atoms with Crippen molar-refractivity contribution < 1.29 is 39.5 Å². The molecule has 0 unspecified atom stereocenters. The van der Waals surface area contributed by atoms with Crippen molar-refractivity contribution in [2.45, 2.75) is 11.5 Å². The summed E-state index contributed by atoms with van der Waals surface area (Å²) in [6.07, 6.45) is 0. The van der Waals surface area contributed by atoms with Gasteiger partial charge in [-0.2, -0.15) is 0 Å². The van der Waals surface area contributed by atoms with E-state index in [1.165, 1.54) is 0 Å². The minimum atomic E-state index is -5.28. The van der Waals surface area contributed by atoms with Crippen LogP contribution in [0.5, 0.6) is 5.75 Å². The Labute approximate surface area is 166 Å². The second-order valence-electron chi connectivity index (χ2n) is 5.92. The third-order valence-electron chi connectivity index (χ3n) is 3.86. The molecule has 0 spiro atoms. The Morgan fingerprint density at radius 3 is 1.90 bits per heavy atom. The number of nitrogens with one attached hydrogen (secondary N) is 1. The third kappa shape index (κ3) is 4.20. The average molecular weight is 447 g/mol. The van der Waals surface area contributed by atoms with Crippen LogP contribution in [0.2, 0.25) is 0 Å². The van der Waals surface area contributed by atoms with Crippen LogP contribution >= 0.6 is 0 Å². The monoisotopic (exact) mass is 447 g/mol. The van der Waals surface area contributed by atoms with Gasteiger partial charge in [-0.3, -0.25) is 4.72 Å². The normalized spacial score (nSPS) is 11.4. The lowest BCUT2D eigenvalue weighted by Gasteiger charge is -2.13. The van der Waals surface area contributed by atoms with Crippen molar-refractivity contribution >= 4 is 15.7 Å². The fraction of sp³-hybridized carbons (Fsp3) is 0.0526. The summed E-state index contributed by atoms with van der Waals surface area (Å²) in [4.78, 5) is -2.08. The van der Waals surface area contributed by atoms with Gasteiger partial charge in [0.25, 0.3) is 10.0 Å². The summed E-state index contributed by atoms with van der Waals surface area (Å²) in [5.74, 6) is -13.7. The van der Waals surface area contributed by atoms with E-state index >= 15 is 0 Å². The molecule has 3 rings (SSSR count). The second-order valence-corrected chi connectivity index (χ2v) is 7.54. The van der Waals surface area contributed by atoms with E-state index in [9.17, 15) is 34.8 Å². The largest absolute Gasteiger partial charge is 0.486 e. The minimum absolute atomic E-state index is 0.00733. The molecule has 0 fully saturated rings. The van der Waals surface area contributed by atoms with Crippen molar-refractivity contribution in [2.75, 3.05) is 4.72 Å². The first-order valence-electron chi connectivity index (χ1n) is 8.12. The van der Waals surface area contributed by atoms with Crippen molar-refractivity contribution in [1.82, 2.24) is 0 Å². The Morgan fingerprint density at radius 1 is 0.767 bits per heavy atom. The fourth-order valence-corrected chi connectivity index (χ4v) is 3.63. The maximum absolute atomic E-state index is 14.2. The van der Waals surface area contributed by atoms with E-state index in [4.69, 9.17) is 4.74 Å². The highest BCUT2D eigenvalue weighted by Crippen LogP contribution is 2.29. The van der Waals surface area contributed by atoms with Gasteiger partial charge in [-0.25, -0.2) is 34.8 Å². The van der Waals surface area contributed by atoms with Crippen LogP contribution in [-0.2, 0) is 16.6 Å². The first kappa shape index (κ1) is 21.5. The van der Waals surface area contributed by atoms with Crippen LogP contribution in [0.15, 0.2) is 53.4 Å². The predicted molar refractivity (Wildman–Crippen MR) is 94.2 cm³/mol. The summed E-state index contributed by atoms with van der Waals surface area (Å²) >= 11 is 0. The molecule has 0 heterocycles. The zero-order valence-corrected chi connectivity index (χ0v) is 15.5. The summed E-state index contributed by atoms with van der Waals surface area (Å²) in [7, 11) is -5.28. The molecule has 0 aliphatic rings. The molecule has 11 heteroatoms. The van der Waals surface area contributed by atoms with Crippen LogP contribution in [0.3, 0.4) is 0 Å². The second kappa shape index (κ2) is 8.27. The average Bonchev–Trinajstić information content (AvgIpc) is 2.70. The highest BCUT2D eigenvalue weighted by molar-refractivity contribution is 7.92. The van der Waals surface area contributed by atoms with Crippen LogP contribution in [-0.4, -0.2) is 8.42 Å². The van der Waals surface area contributed by atoms with E-state index in [0.29, 0.717) is 6.07 Å². The van der Waals surface area contributed by atoms with Crippen LogP contribution in [0.4, 0.5) is 32.0 Å². The molecule has 3 aromatic carbocycles. The van der Waals surface area contributed by atoms with Gasteiger partial charge in [0, 0.05) is 6.07 Å². The summed E-state index contributed by atoms with van der Waals surface area (Å²) in [6.45, 7) is 0.00733. The van der Waals surface area contributed by atoms with Gasteiger partial charge in [-0.1, -0.05) is 30.3 Å². The van der Waals surface area contributed by atoms with E-state index < -0.39 is 55.5 Å². The zero-order chi connectivity index (χ0) is 22.1. The molecule has 0 saturated heterocycles. The number of hydrogen-bond donors (Lipinski definition) is 1. The Balaban J connectivity index is 1.85. The lowest BCUT2D eigenvalue weighted by Crippen LogP contribution is -2.19. The minimum Gasteiger partial charge on any atom is -0.486 e. The Morgan fingerprint density at radius 2 is 1.33 bits per heavy atom. The summed E-state index contributed by atoms with van der Waals surface area (Å²) < 4.78 is 113. The van der Waals surface area contributed by atoms with Gasteiger partial charge in [-0.05, 0) is 17.7 Å². The molecular weight excluding hydrogens is 436 g/mol. The number of halogens is 6. The van der Waals surface area contributed by atoms with Gasteiger partial charge in [0.1, 0.15) is 6.61 Å². The highest BCUT2D eigenvalue weighted by atomic mass is 32.2. The fourth-order valence-electron chi connectivity index (χ4n) is 2.44. The van der Waals surface area contributed by atoms with E-state index in [1.54, 1.807) is 35.1 Å². The number of hydrogen-bond acceptors (Lipinski definition) is 3. The van der Waals surface area contributed by atoms with E-state index in [2.05, 4.69) is 0 Å². The summed E-state index contributed by atoms with van der Waals surface area (Å²) in [5, 5.41) is 0. The van der Waals surface area contributed by atoms with Gasteiger partial charge in [0.15, 0.2) is 39.7 Å². The molecule has 30 heavy (non-hydrogen) atoms. The van der Waals surface area contributed by atoms with Gasteiger partial charge in [0.05, 0.1) is 5.69 Å². The molecule has 0 bridgehead atoms. The molecule has 0 radical (unpaired) electrons. The van der Waals surface area contributed by atoms with Crippen molar-refractivity contribution in [1.29, 1.82) is 0 Å². The molecule has 1 N–H and O–H groups in total. The maximum atomic E-state index is 14.2. The van der Waals surface area contributed by atoms with Gasteiger partial charge in [0.2, 0.25) is 5.82 Å². The SMILES string of the molecule is O=S(=O)(Nc1ccc(OCc2ccccc2)c(F)c1)c1c(F)c(F)c(F)c(F)c1F. The van der Waals surface area contributed by atoms with Crippen molar-refractivity contribution in [3.8, 4) is 5.75 Å². The molecule has 0 aromatic heterocycles. The molecule has 4 nitrogen and oxygen atoms in total. The first-order valence-corrected chi connectivity index (χ1v) is 9.60. The summed E-state index contributed by atoms with van der Waals surface area (Å²) in [5.41, 5.74) is 0.205. The molecule has 158 valence electrons. The van der Waals surface area contributed by atoms with Gasteiger partial charge in [-0.15, -0.1) is 0 Å². The van der Waals surface area contributed by atoms with Crippen LogP contribution in [0, 0.1) is 34.9 Å². The highest BCUT2D eigenvalue weighted by Gasteiger charge is 2.33. The lowest BCUT2D eigenvalue weighted by molar-refractivity contribution is 0.290. The Hall–Kier alpha value is -3.21. The smallest absolute Gasteiger partial charge is 0.267 e. The van der Waals surface area contributed by atoms with Crippen molar-refractivity contribution in [3.63, 3.8) is 0 Å². The lowest BCUT2D eigenvalue weighted by atomic mass is 10.2. The summed E-state index contributed by atoms with van der Waals surface area (Å²) in [6, 6.07) is 11.4. The molecule has 0 saturated carbocycles. The van der Waals surface area contributed by atoms with E-state index in [1.807, 2.05) is 0 Å². The Kier molecular flexibility index (Phi) is 5.92. The molecule has 0 amide bonds.